The Labute approximate surface area is 155 Å². The van der Waals surface area contributed by atoms with Crippen molar-refractivity contribution < 1.29 is 18.7 Å². The molecular formula is C19H17FN4O3. The topological polar surface area (TPSA) is 78.6 Å². The van der Waals surface area contributed by atoms with Gasteiger partial charge in [-0.15, -0.1) is 5.10 Å². The minimum atomic E-state index is -0.649. The number of aromatic nitrogens is 3. The van der Waals surface area contributed by atoms with E-state index in [0.717, 1.165) is 10.4 Å². The van der Waals surface area contributed by atoms with Gasteiger partial charge in [-0.3, -0.25) is 0 Å². The largest absolute Gasteiger partial charge is 0.470 e. The molecular weight excluding hydrogens is 351 g/mol. The van der Waals surface area contributed by atoms with E-state index < -0.39 is 5.97 Å². The number of carbonyl (C=O) groups excluding carboxylic acids is 1. The van der Waals surface area contributed by atoms with Gasteiger partial charge in [-0.25, -0.2) is 9.18 Å². The van der Waals surface area contributed by atoms with Gasteiger partial charge in [-0.05, 0) is 35.4 Å². The lowest BCUT2D eigenvalue weighted by Gasteiger charge is -2.07. The average molecular weight is 368 g/mol. The minimum absolute atomic E-state index is 0.0654. The molecule has 1 heterocycles. The van der Waals surface area contributed by atoms with Gasteiger partial charge in [0, 0.05) is 0 Å². The van der Waals surface area contributed by atoms with E-state index in [1.54, 1.807) is 19.1 Å². The highest BCUT2D eigenvalue weighted by Gasteiger charge is 2.22. The summed E-state index contributed by atoms with van der Waals surface area (Å²) >= 11 is 0. The zero-order valence-corrected chi connectivity index (χ0v) is 14.6. The van der Waals surface area contributed by atoms with Gasteiger partial charge >= 0.3 is 5.97 Å². The number of benzene rings is 2. The van der Waals surface area contributed by atoms with Crippen LogP contribution < -0.4 is 4.74 Å². The molecule has 0 spiro atoms. The second-order valence-electron chi connectivity index (χ2n) is 5.42. The Hall–Kier alpha value is -3.55. The molecule has 0 aliphatic carbocycles. The molecule has 0 radical (unpaired) electrons. The van der Waals surface area contributed by atoms with Crippen molar-refractivity contribution in [2.24, 2.45) is 5.10 Å². The van der Waals surface area contributed by atoms with Crippen LogP contribution in [0.4, 0.5) is 4.39 Å². The average Bonchev–Trinajstić information content (AvgIpc) is 3.10. The van der Waals surface area contributed by atoms with Crippen LogP contribution in [0.1, 0.15) is 28.5 Å². The molecule has 3 aromatic rings. The van der Waals surface area contributed by atoms with E-state index in [9.17, 15) is 9.18 Å². The van der Waals surface area contributed by atoms with Gasteiger partial charge < -0.3 is 9.47 Å². The first kappa shape index (κ1) is 18.2. The lowest BCUT2D eigenvalue weighted by atomic mass is 10.2. The zero-order valence-electron chi connectivity index (χ0n) is 14.6. The fourth-order valence-electron chi connectivity index (χ4n) is 2.19. The first-order valence-corrected chi connectivity index (χ1v) is 8.27. The highest BCUT2D eigenvalue weighted by atomic mass is 19.1. The second kappa shape index (κ2) is 8.70. The number of hydrogen-bond acceptors (Lipinski definition) is 6. The van der Waals surface area contributed by atoms with Crippen LogP contribution in [0.2, 0.25) is 0 Å². The number of esters is 1. The van der Waals surface area contributed by atoms with Gasteiger partial charge in [-0.2, -0.15) is 5.10 Å². The predicted molar refractivity (Wildman–Crippen MR) is 96.1 cm³/mol. The Bertz CT molecular complexity index is 924. The van der Waals surface area contributed by atoms with Gasteiger partial charge in [-0.1, -0.05) is 47.3 Å². The van der Waals surface area contributed by atoms with Crippen molar-refractivity contribution in [2.45, 2.75) is 13.5 Å². The lowest BCUT2D eigenvalue weighted by Crippen LogP contribution is -2.09. The van der Waals surface area contributed by atoms with Crippen molar-refractivity contribution in [3.05, 3.63) is 77.2 Å². The molecule has 0 unspecified atom stereocenters. The Balaban J connectivity index is 1.85. The maximum absolute atomic E-state index is 13.0. The summed E-state index contributed by atoms with van der Waals surface area (Å²) in [4.78, 5) is 13.2. The summed E-state index contributed by atoms with van der Waals surface area (Å²) in [6.45, 7) is 2.09. The SMILES string of the molecule is CCOC(=O)c1nnn(/N=C/c2ccc(F)cc2)c1OCc1ccccc1. The van der Waals surface area contributed by atoms with Crippen molar-refractivity contribution in [3.63, 3.8) is 0 Å². The van der Waals surface area contributed by atoms with E-state index in [1.165, 1.54) is 18.3 Å². The molecule has 27 heavy (non-hydrogen) atoms. The molecule has 0 N–H and O–H groups in total. The van der Waals surface area contributed by atoms with Crippen molar-refractivity contribution in [3.8, 4) is 5.88 Å². The van der Waals surface area contributed by atoms with Gasteiger partial charge in [0.25, 0.3) is 5.88 Å². The zero-order chi connectivity index (χ0) is 19.1. The van der Waals surface area contributed by atoms with E-state index in [2.05, 4.69) is 15.4 Å². The Morgan fingerprint density at radius 3 is 2.63 bits per heavy atom. The molecule has 2 aromatic carbocycles. The number of hydrogen-bond donors (Lipinski definition) is 0. The summed E-state index contributed by atoms with van der Waals surface area (Å²) in [6.07, 6.45) is 1.46. The third-order valence-corrected chi connectivity index (χ3v) is 3.49. The molecule has 8 heteroatoms. The van der Waals surface area contributed by atoms with Gasteiger partial charge in [0.15, 0.2) is 0 Å². The lowest BCUT2D eigenvalue weighted by molar-refractivity contribution is 0.0513. The molecule has 0 atom stereocenters. The molecule has 0 aliphatic heterocycles. The third-order valence-electron chi connectivity index (χ3n) is 3.49. The standard InChI is InChI=1S/C19H17FN4O3/c1-2-26-19(25)17-18(27-13-15-6-4-3-5-7-15)24(23-22-17)21-12-14-8-10-16(20)11-9-14/h3-12H,2,13H2,1H3/b21-12+. The Morgan fingerprint density at radius 1 is 1.19 bits per heavy atom. The van der Waals surface area contributed by atoms with Crippen LogP contribution in [-0.4, -0.2) is 33.9 Å². The minimum Gasteiger partial charge on any atom is -0.470 e. The normalized spacial score (nSPS) is 10.9. The number of ether oxygens (including phenoxy) is 2. The second-order valence-corrected chi connectivity index (χ2v) is 5.42. The molecule has 0 saturated carbocycles. The van der Waals surface area contributed by atoms with Crippen LogP contribution >= 0.6 is 0 Å². The van der Waals surface area contributed by atoms with Crippen molar-refractivity contribution in [1.29, 1.82) is 0 Å². The van der Waals surface area contributed by atoms with Crippen LogP contribution in [0.5, 0.6) is 5.88 Å². The van der Waals surface area contributed by atoms with Crippen LogP contribution in [-0.2, 0) is 11.3 Å². The van der Waals surface area contributed by atoms with Crippen LogP contribution in [0.15, 0.2) is 59.7 Å². The number of nitrogens with zero attached hydrogens (tertiary/aromatic N) is 4. The monoisotopic (exact) mass is 368 g/mol. The molecule has 7 nitrogen and oxygen atoms in total. The highest BCUT2D eigenvalue weighted by Crippen LogP contribution is 2.18. The van der Waals surface area contributed by atoms with Crippen LogP contribution in [0.3, 0.4) is 0 Å². The maximum atomic E-state index is 13.0. The van der Waals surface area contributed by atoms with E-state index in [1.807, 2.05) is 30.3 Å². The van der Waals surface area contributed by atoms with Gasteiger partial charge in [0.1, 0.15) is 12.4 Å². The molecule has 0 aliphatic rings. The number of rotatable bonds is 7. The maximum Gasteiger partial charge on any atom is 0.364 e. The number of halogens is 1. The molecule has 0 amide bonds. The molecule has 138 valence electrons. The summed E-state index contributed by atoms with van der Waals surface area (Å²) in [7, 11) is 0. The van der Waals surface area contributed by atoms with E-state index in [4.69, 9.17) is 9.47 Å². The smallest absolute Gasteiger partial charge is 0.364 e. The quantitative estimate of drug-likeness (QED) is 0.473. The van der Waals surface area contributed by atoms with Gasteiger partial charge in [0.2, 0.25) is 5.69 Å². The molecule has 0 bridgehead atoms. The summed E-state index contributed by atoms with van der Waals surface area (Å²) in [6, 6.07) is 15.2. The summed E-state index contributed by atoms with van der Waals surface area (Å²) in [5.41, 5.74) is 1.49. The third kappa shape index (κ3) is 4.75. The fourth-order valence-corrected chi connectivity index (χ4v) is 2.19. The van der Waals surface area contributed by atoms with E-state index >= 15 is 0 Å². The van der Waals surface area contributed by atoms with Crippen molar-refractivity contribution in [1.82, 2.24) is 15.1 Å². The molecule has 1 aromatic heterocycles. The molecule has 3 rings (SSSR count). The Kier molecular flexibility index (Phi) is 5.88. The molecule has 0 saturated heterocycles. The molecule has 0 fully saturated rings. The van der Waals surface area contributed by atoms with Crippen molar-refractivity contribution in [2.75, 3.05) is 6.61 Å². The summed E-state index contributed by atoms with van der Waals surface area (Å²) < 4.78 is 23.7. The van der Waals surface area contributed by atoms with Crippen LogP contribution in [0, 0.1) is 5.82 Å². The Morgan fingerprint density at radius 2 is 1.93 bits per heavy atom. The fraction of sp³-hybridized carbons (Fsp3) is 0.158. The van der Waals surface area contributed by atoms with E-state index in [-0.39, 0.29) is 30.6 Å². The first-order chi connectivity index (χ1) is 13.2. The first-order valence-electron chi connectivity index (χ1n) is 8.27. The predicted octanol–water partition coefficient (Wildman–Crippen LogP) is 3.06. The number of carbonyl (C=O) groups is 1. The van der Waals surface area contributed by atoms with E-state index in [0.29, 0.717) is 5.56 Å². The summed E-state index contributed by atoms with van der Waals surface area (Å²) in [5, 5.41) is 11.8. The van der Waals surface area contributed by atoms with Crippen LogP contribution in [0.25, 0.3) is 0 Å². The summed E-state index contributed by atoms with van der Waals surface area (Å²) in [5.74, 6) is -0.927. The van der Waals surface area contributed by atoms with Gasteiger partial charge in [0.05, 0.1) is 12.8 Å². The van der Waals surface area contributed by atoms with Crippen molar-refractivity contribution >= 4 is 12.2 Å². The highest BCUT2D eigenvalue weighted by molar-refractivity contribution is 5.89.